The summed E-state index contributed by atoms with van der Waals surface area (Å²) in [5.41, 5.74) is 2.30. The number of aromatic amines is 1. The van der Waals surface area contributed by atoms with Crippen LogP contribution in [-0.4, -0.2) is 33.3 Å². The first-order chi connectivity index (χ1) is 14.5. The smallest absolute Gasteiger partial charge is 0.274 e. The second-order valence-corrected chi connectivity index (χ2v) is 8.17. The van der Waals surface area contributed by atoms with Crippen molar-refractivity contribution < 1.29 is 13.9 Å². The fourth-order valence-corrected chi connectivity index (χ4v) is 4.15. The molecule has 2 unspecified atom stereocenters. The molecular formula is C22H23FN4O3. The van der Waals surface area contributed by atoms with Gasteiger partial charge in [-0.2, -0.15) is 0 Å². The molecule has 0 radical (unpaired) electrons. The molecule has 0 spiro atoms. The van der Waals surface area contributed by atoms with Crippen LogP contribution >= 0.6 is 0 Å². The van der Waals surface area contributed by atoms with Gasteiger partial charge < -0.3 is 10.1 Å². The first-order valence-corrected chi connectivity index (χ1v) is 10.3. The summed E-state index contributed by atoms with van der Waals surface area (Å²) >= 11 is 0. The van der Waals surface area contributed by atoms with E-state index >= 15 is 0 Å². The first kappa shape index (κ1) is 19.0. The second-order valence-electron chi connectivity index (χ2n) is 8.17. The lowest BCUT2D eigenvalue weighted by Crippen LogP contribution is -2.40. The molecular weight excluding hydrogens is 387 g/mol. The summed E-state index contributed by atoms with van der Waals surface area (Å²) in [4.78, 5) is 30.2. The number of carbonyl (C=O) groups excluding carboxylic acids is 1. The number of benzene rings is 1. The molecule has 3 aromatic rings. The Morgan fingerprint density at radius 3 is 2.77 bits per heavy atom. The summed E-state index contributed by atoms with van der Waals surface area (Å²) in [6.07, 6.45) is 3.17. The quantitative estimate of drug-likeness (QED) is 0.692. The van der Waals surface area contributed by atoms with E-state index in [1.165, 1.54) is 12.1 Å². The van der Waals surface area contributed by atoms with Crippen LogP contribution in [0.3, 0.4) is 0 Å². The van der Waals surface area contributed by atoms with Crippen molar-refractivity contribution in [2.45, 2.75) is 43.7 Å². The maximum atomic E-state index is 13.2. The van der Waals surface area contributed by atoms with Gasteiger partial charge in [-0.05, 0) is 49.4 Å². The fourth-order valence-electron chi connectivity index (χ4n) is 4.15. The highest BCUT2D eigenvalue weighted by Crippen LogP contribution is 2.40. The van der Waals surface area contributed by atoms with Crippen LogP contribution in [0.1, 0.15) is 59.3 Å². The standard InChI is InChI=1S/C22H23FN4O3/c1-27-20-19(22(29)26-27)16(11-17(25-20)12-2-3-12)21(28)24-15-8-9-30-18(10-15)13-4-6-14(23)7-5-13/h4-7,11-12,15,18H,2-3,8-10H2,1H3,(H,24,28)(H,26,29). The van der Waals surface area contributed by atoms with Crippen LogP contribution in [0.5, 0.6) is 0 Å². The Hall–Kier alpha value is -3.00. The molecule has 0 bridgehead atoms. The molecule has 2 aromatic heterocycles. The van der Waals surface area contributed by atoms with Crippen molar-refractivity contribution in [1.29, 1.82) is 0 Å². The molecule has 1 saturated heterocycles. The number of halogens is 1. The minimum Gasteiger partial charge on any atom is -0.373 e. The molecule has 1 amide bonds. The van der Waals surface area contributed by atoms with Gasteiger partial charge >= 0.3 is 0 Å². The van der Waals surface area contributed by atoms with Crippen molar-refractivity contribution in [3.8, 4) is 0 Å². The highest BCUT2D eigenvalue weighted by atomic mass is 19.1. The Labute approximate surface area is 172 Å². The minimum absolute atomic E-state index is 0.100. The zero-order valence-electron chi connectivity index (χ0n) is 16.7. The average molecular weight is 410 g/mol. The topological polar surface area (TPSA) is 89.0 Å². The molecule has 2 atom stereocenters. The molecule has 156 valence electrons. The molecule has 2 fully saturated rings. The van der Waals surface area contributed by atoms with Gasteiger partial charge in [0, 0.05) is 31.3 Å². The molecule has 1 aliphatic carbocycles. The third-order valence-corrected chi connectivity index (χ3v) is 5.94. The van der Waals surface area contributed by atoms with Crippen molar-refractivity contribution in [2.24, 2.45) is 7.05 Å². The molecule has 5 rings (SSSR count). The minimum atomic E-state index is -0.316. The van der Waals surface area contributed by atoms with E-state index in [4.69, 9.17) is 4.74 Å². The van der Waals surface area contributed by atoms with Crippen molar-refractivity contribution in [3.05, 3.63) is 63.3 Å². The molecule has 1 aromatic carbocycles. The van der Waals surface area contributed by atoms with Crippen molar-refractivity contribution in [3.63, 3.8) is 0 Å². The Balaban J connectivity index is 1.40. The highest BCUT2D eigenvalue weighted by Gasteiger charge is 2.30. The number of aryl methyl sites for hydroxylation is 1. The van der Waals surface area contributed by atoms with Gasteiger partial charge in [0.05, 0.1) is 17.1 Å². The molecule has 1 saturated carbocycles. The third-order valence-electron chi connectivity index (χ3n) is 5.94. The lowest BCUT2D eigenvalue weighted by molar-refractivity contribution is 0.000887. The van der Waals surface area contributed by atoms with Crippen LogP contribution in [-0.2, 0) is 11.8 Å². The van der Waals surface area contributed by atoms with Crippen molar-refractivity contribution in [1.82, 2.24) is 20.1 Å². The lowest BCUT2D eigenvalue weighted by Gasteiger charge is -2.30. The number of amides is 1. The fraction of sp³-hybridized carbons (Fsp3) is 0.409. The van der Waals surface area contributed by atoms with E-state index in [0.29, 0.717) is 42.0 Å². The van der Waals surface area contributed by atoms with Crippen LogP contribution in [0.25, 0.3) is 11.0 Å². The summed E-state index contributed by atoms with van der Waals surface area (Å²) in [5, 5.41) is 6.10. The van der Waals surface area contributed by atoms with Crippen LogP contribution in [0.4, 0.5) is 4.39 Å². The number of nitrogens with zero attached hydrogens (tertiary/aromatic N) is 2. The highest BCUT2D eigenvalue weighted by molar-refractivity contribution is 6.05. The number of hydrogen-bond donors (Lipinski definition) is 2. The average Bonchev–Trinajstić information content (AvgIpc) is 3.54. The summed E-state index contributed by atoms with van der Waals surface area (Å²) in [5.74, 6) is -0.205. The van der Waals surface area contributed by atoms with E-state index in [0.717, 1.165) is 24.1 Å². The Morgan fingerprint density at radius 2 is 2.03 bits per heavy atom. The SMILES string of the molecule is Cn1[nH]c(=O)c2c(C(=O)NC3CCOC(c4ccc(F)cc4)C3)cc(C3CC3)nc21. The summed E-state index contributed by atoms with van der Waals surface area (Å²) in [6.45, 7) is 0.498. The van der Waals surface area contributed by atoms with Crippen molar-refractivity contribution in [2.75, 3.05) is 6.61 Å². The van der Waals surface area contributed by atoms with E-state index < -0.39 is 0 Å². The number of nitrogens with one attached hydrogen (secondary N) is 2. The van der Waals surface area contributed by atoms with Crippen molar-refractivity contribution >= 4 is 16.9 Å². The van der Waals surface area contributed by atoms with E-state index in [9.17, 15) is 14.0 Å². The third kappa shape index (κ3) is 3.52. The Bertz CT molecular complexity index is 1160. The van der Waals surface area contributed by atoms with E-state index in [1.807, 2.05) is 0 Å². The molecule has 8 heteroatoms. The monoisotopic (exact) mass is 410 g/mol. The number of pyridine rings is 1. The second kappa shape index (κ2) is 7.36. The maximum Gasteiger partial charge on any atom is 0.274 e. The lowest BCUT2D eigenvalue weighted by atomic mass is 9.97. The number of fused-ring (bicyclic) bond motifs is 1. The maximum absolute atomic E-state index is 13.2. The zero-order valence-corrected chi connectivity index (χ0v) is 16.7. The number of ether oxygens (including phenoxy) is 1. The Kier molecular flexibility index (Phi) is 4.66. The summed E-state index contributed by atoms with van der Waals surface area (Å²) in [6, 6.07) is 7.91. The van der Waals surface area contributed by atoms with E-state index in [2.05, 4.69) is 15.4 Å². The van der Waals surface area contributed by atoms with Gasteiger partial charge in [0.15, 0.2) is 5.65 Å². The largest absolute Gasteiger partial charge is 0.373 e. The molecule has 2 aliphatic rings. The van der Waals surface area contributed by atoms with Crippen LogP contribution in [0, 0.1) is 5.82 Å². The molecule has 30 heavy (non-hydrogen) atoms. The first-order valence-electron chi connectivity index (χ1n) is 10.3. The van der Waals surface area contributed by atoms with Gasteiger partial charge in [0.2, 0.25) is 0 Å². The normalized spacial score (nSPS) is 21.7. The number of H-pyrrole nitrogens is 1. The number of aromatic nitrogens is 3. The van der Waals surface area contributed by atoms with Gasteiger partial charge in [-0.25, -0.2) is 9.37 Å². The summed E-state index contributed by atoms with van der Waals surface area (Å²) < 4.78 is 20.6. The van der Waals surface area contributed by atoms with Crippen LogP contribution in [0.15, 0.2) is 35.1 Å². The van der Waals surface area contributed by atoms with Gasteiger partial charge in [-0.3, -0.25) is 19.4 Å². The van der Waals surface area contributed by atoms with Gasteiger partial charge in [0.25, 0.3) is 11.5 Å². The number of hydrogen-bond acceptors (Lipinski definition) is 4. The van der Waals surface area contributed by atoms with Gasteiger partial charge in [-0.1, -0.05) is 12.1 Å². The predicted molar refractivity (Wildman–Crippen MR) is 109 cm³/mol. The number of rotatable bonds is 4. The summed E-state index contributed by atoms with van der Waals surface area (Å²) in [7, 11) is 1.72. The molecule has 2 N–H and O–H groups in total. The van der Waals surface area contributed by atoms with Crippen LogP contribution < -0.4 is 10.9 Å². The molecule has 3 heterocycles. The number of carbonyl (C=O) groups is 1. The van der Waals surface area contributed by atoms with E-state index in [1.54, 1.807) is 29.9 Å². The van der Waals surface area contributed by atoms with Gasteiger partial charge in [0.1, 0.15) is 5.82 Å². The predicted octanol–water partition coefficient (Wildman–Crippen LogP) is 2.93. The Morgan fingerprint density at radius 1 is 1.27 bits per heavy atom. The molecule has 7 nitrogen and oxygen atoms in total. The van der Waals surface area contributed by atoms with E-state index in [-0.39, 0.29) is 29.4 Å². The van der Waals surface area contributed by atoms with Crippen LogP contribution in [0.2, 0.25) is 0 Å². The van der Waals surface area contributed by atoms with Gasteiger partial charge in [-0.15, -0.1) is 0 Å². The zero-order chi connectivity index (χ0) is 20.8. The molecule has 1 aliphatic heterocycles.